The highest BCUT2D eigenvalue weighted by Crippen LogP contribution is 2.21. The molecule has 140 valence electrons. The highest BCUT2D eigenvalue weighted by atomic mass is 32.1. The van der Waals surface area contributed by atoms with Crippen molar-refractivity contribution in [2.75, 3.05) is 6.61 Å². The molecule has 0 saturated carbocycles. The first-order chi connectivity index (χ1) is 13.1. The fraction of sp³-hybridized carbons (Fsp3) is 0.333. The number of carbonyl (C=O) groups excluding carboxylic acids is 1. The lowest BCUT2D eigenvalue weighted by Crippen LogP contribution is -2.39. The molecule has 6 heteroatoms. The van der Waals surface area contributed by atoms with Crippen molar-refractivity contribution in [1.29, 1.82) is 0 Å². The maximum absolute atomic E-state index is 13.0. The molecule has 0 radical (unpaired) electrons. The van der Waals surface area contributed by atoms with Crippen LogP contribution in [0.25, 0.3) is 10.9 Å². The smallest absolute Gasteiger partial charge is 0.253 e. The van der Waals surface area contributed by atoms with E-state index >= 15 is 0 Å². The van der Waals surface area contributed by atoms with Gasteiger partial charge in [0.2, 0.25) is 0 Å². The van der Waals surface area contributed by atoms with Gasteiger partial charge in [-0.3, -0.25) is 9.59 Å². The van der Waals surface area contributed by atoms with E-state index in [4.69, 9.17) is 4.74 Å². The first-order valence-electron chi connectivity index (χ1n) is 9.16. The Hall–Kier alpha value is -2.44. The minimum Gasteiger partial charge on any atom is -0.368 e. The van der Waals surface area contributed by atoms with Gasteiger partial charge in [-0.25, -0.2) is 0 Å². The van der Waals surface area contributed by atoms with Crippen molar-refractivity contribution in [1.82, 2.24) is 9.88 Å². The van der Waals surface area contributed by atoms with Gasteiger partial charge in [-0.2, -0.15) is 0 Å². The zero-order chi connectivity index (χ0) is 18.8. The number of fused-ring (bicyclic) bond motifs is 1. The van der Waals surface area contributed by atoms with Gasteiger partial charge in [-0.05, 0) is 48.2 Å². The third-order valence-corrected chi connectivity index (χ3v) is 5.83. The van der Waals surface area contributed by atoms with E-state index in [1.54, 1.807) is 16.2 Å². The molecule has 0 spiro atoms. The Labute approximate surface area is 161 Å². The summed E-state index contributed by atoms with van der Waals surface area (Å²) in [5, 5.41) is 2.97. The quantitative estimate of drug-likeness (QED) is 0.733. The Morgan fingerprint density at radius 3 is 2.93 bits per heavy atom. The van der Waals surface area contributed by atoms with Gasteiger partial charge in [0.15, 0.2) is 0 Å². The number of ether oxygens (including phenoxy) is 1. The average molecular weight is 382 g/mol. The second-order valence-corrected chi connectivity index (χ2v) is 7.97. The van der Waals surface area contributed by atoms with Crippen molar-refractivity contribution >= 4 is 28.1 Å². The lowest BCUT2D eigenvalue weighted by Gasteiger charge is -2.25. The van der Waals surface area contributed by atoms with E-state index in [-0.39, 0.29) is 18.0 Å². The monoisotopic (exact) mass is 382 g/mol. The first kappa shape index (κ1) is 17.9. The van der Waals surface area contributed by atoms with Gasteiger partial charge in [0.05, 0.1) is 18.6 Å². The van der Waals surface area contributed by atoms with Crippen LogP contribution in [0.4, 0.5) is 0 Å². The SMILES string of the molecule is Cc1cccc2cc(CN(Cc3cccs3)C(=O)[C@H]3CCCO3)c(=O)[nH]c12. The number of nitrogens with zero attached hydrogens (tertiary/aromatic N) is 1. The molecule has 0 unspecified atom stereocenters. The highest BCUT2D eigenvalue weighted by molar-refractivity contribution is 7.09. The molecular weight excluding hydrogens is 360 g/mol. The number of aryl methyl sites for hydroxylation is 1. The van der Waals surface area contributed by atoms with E-state index < -0.39 is 6.10 Å². The maximum Gasteiger partial charge on any atom is 0.253 e. The molecule has 1 aliphatic heterocycles. The second kappa shape index (κ2) is 7.66. The molecule has 1 N–H and O–H groups in total. The molecule has 1 aliphatic rings. The fourth-order valence-corrected chi connectivity index (χ4v) is 4.25. The molecule has 1 amide bonds. The lowest BCUT2D eigenvalue weighted by molar-refractivity contribution is -0.142. The van der Waals surface area contributed by atoms with E-state index in [2.05, 4.69) is 4.98 Å². The van der Waals surface area contributed by atoms with Crippen LogP contribution in [0.3, 0.4) is 0 Å². The molecule has 4 rings (SSSR count). The number of carbonyl (C=O) groups is 1. The Bertz CT molecular complexity index is 1000. The minimum atomic E-state index is -0.397. The molecule has 5 nitrogen and oxygen atoms in total. The number of hydrogen-bond acceptors (Lipinski definition) is 4. The van der Waals surface area contributed by atoms with E-state index in [0.29, 0.717) is 18.7 Å². The minimum absolute atomic E-state index is 0.0374. The summed E-state index contributed by atoms with van der Waals surface area (Å²) in [5.41, 5.74) is 2.33. The lowest BCUT2D eigenvalue weighted by atomic mass is 10.1. The number of amides is 1. The summed E-state index contributed by atoms with van der Waals surface area (Å²) in [6.07, 6.45) is 1.25. The van der Waals surface area contributed by atoms with Crippen LogP contribution in [-0.4, -0.2) is 28.5 Å². The van der Waals surface area contributed by atoms with Crippen molar-refractivity contribution in [2.24, 2.45) is 0 Å². The molecule has 1 atom stereocenters. The third kappa shape index (κ3) is 3.82. The number of nitrogens with one attached hydrogen (secondary N) is 1. The number of aromatic amines is 1. The van der Waals surface area contributed by atoms with Gasteiger partial charge in [0.1, 0.15) is 6.10 Å². The fourth-order valence-electron chi connectivity index (χ4n) is 3.53. The molecule has 0 bridgehead atoms. The molecule has 27 heavy (non-hydrogen) atoms. The number of pyridine rings is 1. The van der Waals surface area contributed by atoms with Crippen molar-refractivity contribution in [3.63, 3.8) is 0 Å². The van der Waals surface area contributed by atoms with Crippen LogP contribution < -0.4 is 5.56 Å². The van der Waals surface area contributed by atoms with Crippen molar-refractivity contribution in [3.05, 3.63) is 68.1 Å². The molecule has 3 heterocycles. The van der Waals surface area contributed by atoms with Gasteiger partial charge in [-0.1, -0.05) is 24.3 Å². The summed E-state index contributed by atoms with van der Waals surface area (Å²) in [5.74, 6) is -0.0374. The third-order valence-electron chi connectivity index (χ3n) is 4.97. The Kier molecular flexibility index (Phi) is 5.09. The average Bonchev–Trinajstić information content (AvgIpc) is 3.36. The van der Waals surface area contributed by atoms with Crippen molar-refractivity contribution < 1.29 is 9.53 Å². The summed E-state index contributed by atoms with van der Waals surface area (Å²) in [6.45, 7) is 3.36. The molecule has 1 aromatic carbocycles. The summed E-state index contributed by atoms with van der Waals surface area (Å²) in [4.78, 5) is 31.5. The second-order valence-electron chi connectivity index (χ2n) is 6.94. The van der Waals surface area contributed by atoms with Crippen LogP contribution in [0, 0.1) is 6.92 Å². The van der Waals surface area contributed by atoms with Gasteiger partial charge in [0, 0.05) is 17.0 Å². The topological polar surface area (TPSA) is 62.4 Å². The van der Waals surface area contributed by atoms with Gasteiger partial charge >= 0.3 is 0 Å². The molecule has 1 saturated heterocycles. The number of para-hydroxylation sites is 1. The summed E-state index contributed by atoms with van der Waals surface area (Å²) >= 11 is 1.61. The zero-order valence-electron chi connectivity index (χ0n) is 15.2. The largest absolute Gasteiger partial charge is 0.368 e. The Balaban J connectivity index is 1.66. The summed E-state index contributed by atoms with van der Waals surface area (Å²) < 4.78 is 5.60. The first-order valence-corrected chi connectivity index (χ1v) is 10.0. The molecular formula is C21H22N2O3S. The molecule has 2 aromatic heterocycles. The summed E-state index contributed by atoms with van der Waals surface area (Å²) in [6, 6.07) is 11.8. The molecule has 3 aromatic rings. The van der Waals surface area contributed by atoms with E-state index in [0.717, 1.165) is 34.2 Å². The number of aromatic nitrogens is 1. The predicted octanol–water partition coefficient (Wildman–Crippen LogP) is 3.61. The highest BCUT2D eigenvalue weighted by Gasteiger charge is 2.29. The van der Waals surface area contributed by atoms with Crippen LogP contribution in [0.5, 0.6) is 0 Å². The number of rotatable bonds is 5. The van der Waals surface area contributed by atoms with Crippen LogP contribution in [0.2, 0.25) is 0 Å². The van der Waals surface area contributed by atoms with Gasteiger partial charge < -0.3 is 14.6 Å². The zero-order valence-corrected chi connectivity index (χ0v) is 16.1. The van der Waals surface area contributed by atoms with E-state index in [1.807, 2.05) is 48.7 Å². The summed E-state index contributed by atoms with van der Waals surface area (Å²) in [7, 11) is 0. The maximum atomic E-state index is 13.0. The number of thiophene rings is 1. The van der Waals surface area contributed by atoms with E-state index in [9.17, 15) is 9.59 Å². The van der Waals surface area contributed by atoms with Gasteiger partial charge in [-0.15, -0.1) is 11.3 Å². The number of benzene rings is 1. The normalized spacial score (nSPS) is 16.7. The van der Waals surface area contributed by atoms with Gasteiger partial charge in [0.25, 0.3) is 11.5 Å². The van der Waals surface area contributed by atoms with Crippen LogP contribution in [0.1, 0.15) is 28.8 Å². The Morgan fingerprint density at radius 2 is 2.19 bits per heavy atom. The Morgan fingerprint density at radius 1 is 1.30 bits per heavy atom. The van der Waals surface area contributed by atoms with Crippen molar-refractivity contribution in [2.45, 2.75) is 39.0 Å². The predicted molar refractivity (Wildman–Crippen MR) is 107 cm³/mol. The molecule has 0 aliphatic carbocycles. The van der Waals surface area contributed by atoms with E-state index in [1.165, 1.54) is 0 Å². The van der Waals surface area contributed by atoms with Crippen LogP contribution in [-0.2, 0) is 22.6 Å². The number of H-pyrrole nitrogens is 1. The standard InChI is InChI=1S/C21H22N2O3S/c1-14-5-2-6-15-11-16(20(24)22-19(14)15)12-23(13-17-7-4-10-27-17)21(25)18-8-3-9-26-18/h2,4-7,10-11,18H,3,8-9,12-13H2,1H3,(H,22,24)/t18-/m1/s1. The van der Waals surface area contributed by atoms with Crippen LogP contribution >= 0.6 is 11.3 Å². The number of hydrogen-bond donors (Lipinski definition) is 1. The van der Waals surface area contributed by atoms with Crippen molar-refractivity contribution in [3.8, 4) is 0 Å². The van der Waals surface area contributed by atoms with Crippen LogP contribution in [0.15, 0.2) is 46.6 Å². The molecule has 1 fully saturated rings.